The number of rotatable bonds is 2. The first-order chi connectivity index (χ1) is 13.7. The van der Waals surface area contributed by atoms with E-state index in [2.05, 4.69) is 22.8 Å². The summed E-state index contributed by atoms with van der Waals surface area (Å²) in [6.45, 7) is 1.27. The fourth-order valence-corrected chi connectivity index (χ4v) is 5.09. The van der Waals surface area contributed by atoms with Crippen molar-refractivity contribution in [3.8, 4) is 0 Å². The minimum Gasteiger partial charge on any atom is -0.341 e. The summed E-state index contributed by atoms with van der Waals surface area (Å²) < 4.78 is 0. The lowest BCUT2D eigenvalue weighted by Gasteiger charge is -2.39. The molecular weight excluding hydrogens is 350 g/mol. The molecule has 0 bridgehead atoms. The van der Waals surface area contributed by atoms with Crippen LogP contribution >= 0.6 is 0 Å². The molecule has 1 spiro atoms. The molecule has 3 aliphatic heterocycles. The Bertz CT molecular complexity index is 903. The molecule has 0 unspecified atom stereocenters. The van der Waals surface area contributed by atoms with Crippen LogP contribution in [0.1, 0.15) is 42.9 Å². The van der Waals surface area contributed by atoms with Crippen molar-refractivity contribution in [1.29, 1.82) is 0 Å². The van der Waals surface area contributed by atoms with Crippen LogP contribution in [0.15, 0.2) is 54.6 Å². The largest absolute Gasteiger partial charge is 0.341 e. The van der Waals surface area contributed by atoms with Crippen LogP contribution in [0.2, 0.25) is 0 Å². The quantitative estimate of drug-likeness (QED) is 0.848. The summed E-state index contributed by atoms with van der Waals surface area (Å²) in [5.41, 5.74) is 2.79. The van der Waals surface area contributed by atoms with Gasteiger partial charge in [-0.25, -0.2) is 0 Å². The first-order valence-electron chi connectivity index (χ1n) is 10.2. The van der Waals surface area contributed by atoms with Crippen molar-refractivity contribution in [1.82, 2.24) is 10.2 Å². The Kier molecular flexibility index (Phi) is 4.20. The standard InChI is InChI=1S/C23H25N3O2/c27-21(20-11-10-18(24-20)16-6-2-1-3-7-16)26-14-12-23(13-15-26)17-8-4-5-9-19(17)25-22(23)28/h1-9,18,20,24H,10-15H2,(H,25,28)/t18-,20-/m1/s1. The molecule has 144 valence electrons. The summed E-state index contributed by atoms with van der Waals surface area (Å²) in [4.78, 5) is 27.7. The van der Waals surface area contributed by atoms with Crippen LogP contribution in [0.3, 0.4) is 0 Å². The van der Waals surface area contributed by atoms with Gasteiger partial charge in [-0.2, -0.15) is 0 Å². The Labute approximate surface area is 165 Å². The van der Waals surface area contributed by atoms with Crippen molar-refractivity contribution in [3.63, 3.8) is 0 Å². The molecule has 3 heterocycles. The Balaban J connectivity index is 1.25. The average molecular weight is 375 g/mol. The predicted molar refractivity (Wildman–Crippen MR) is 108 cm³/mol. The van der Waals surface area contributed by atoms with E-state index in [9.17, 15) is 9.59 Å². The maximum absolute atomic E-state index is 13.1. The first-order valence-corrected chi connectivity index (χ1v) is 10.2. The van der Waals surface area contributed by atoms with E-state index in [0.717, 1.165) is 24.1 Å². The molecule has 2 amide bonds. The highest BCUT2D eigenvalue weighted by atomic mass is 16.2. The summed E-state index contributed by atoms with van der Waals surface area (Å²) in [6.07, 6.45) is 3.23. The van der Waals surface area contributed by atoms with E-state index >= 15 is 0 Å². The number of likely N-dealkylation sites (tertiary alicyclic amines) is 1. The zero-order chi connectivity index (χ0) is 19.1. The van der Waals surface area contributed by atoms with Crippen molar-refractivity contribution < 1.29 is 9.59 Å². The second kappa shape index (κ2) is 6.74. The van der Waals surface area contributed by atoms with Gasteiger partial charge < -0.3 is 10.2 Å². The molecule has 28 heavy (non-hydrogen) atoms. The smallest absolute Gasteiger partial charge is 0.239 e. The molecule has 2 aromatic rings. The second-order valence-corrected chi connectivity index (χ2v) is 8.17. The summed E-state index contributed by atoms with van der Waals surface area (Å²) in [5.74, 6) is 0.268. The Hall–Kier alpha value is -2.66. The van der Waals surface area contributed by atoms with Gasteiger partial charge in [-0.1, -0.05) is 48.5 Å². The van der Waals surface area contributed by atoms with Crippen LogP contribution in [0.25, 0.3) is 0 Å². The van der Waals surface area contributed by atoms with Gasteiger partial charge in [0.05, 0.1) is 11.5 Å². The molecule has 5 rings (SSSR count). The van der Waals surface area contributed by atoms with Crippen LogP contribution in [-0.2, 0) is 15.0 Å². The number of piperidine rings is 1. The molecule has 5 nitrogen and oxygen atoms in total. The van der Waals surface area contributed by atoms with Gasteiger partial charge in [0.25, 0.3) is 0 Å². The highest BCUT2D eigenvalue weighted by molar-refractivity contribution is 6.06. The number of benzene rings is 2. The van der Waals surface area contributed by atoms with Crippen LogP contribution in [0.4, 0.5) is 5.69 Å². The molecule has 2 aromatic carbocycles. The number of nitrogens with zero attached hydrogens (tertiary/aromatic N) is 1. The SMILES string of the molecule is O=C([C@H]1CC[C@H](c2ccccc2)N1)N1CCC2(CC1)C(=O)Nc1ccccc12. The number of carbonyl (C=O) groups excluding carboxylic acids is 2. The van der Waals surface area contributed by atoms with E-state index in [0.29, 0.717) is 25.9 Å². The van der Waals surface area contributed by atoms with Gasteiger partial charge in [-0.05, 0) is 42.9 Å². The fourth-order valence-electron chi connectivity index (χ4n) is 5.09. The lowest BCUT2D eigenvalue weighted by molar-refractivity contribution is -0.136. The van der Waals surface area contributed by atoms with E-state index in [4.69, 9.17) is 0 Å². The fraction of sp³-hybridized carbons (Fsp3) is 0.391. The zero-order valence-corrected chi connectivity index (χ0v) is 15.9. The average Bonchev–Trinajstić information content (AvgIpc) is 3.33. The molecule has 2 N–H and O–H groups in total. The van der Waals surface area contributed by atoms with Crippen LogP contribution in [-0.4, -0.2) is 35.8 Å². The Morgan fingerprint density at radius 3 is 2.46 bits per heavy atom. The first kappa shape index (κ1) is 17.4. The zero-order valence-electron chi connectivity index (χ0n) is 15.9. The van der Waals surface area contributed by atoms with Crippen LogP contribution in [0.5, 0.6) is 0 Å². The van der Waals surface area contributed by atoms with Gasteiger partial charge in [0.1, 0.15) is 0 Å². The molecule has 5 heteroatoms. The minimum absolute atomic E-state index is 0.0870. The lowest BCUT2D eigenvalue weighted by atomic mass is 9.73. The van der Waals surface area contributed by atoms with Gasteiger partial charge in [0.15, 0.2) is 0 Å². The molecule has 2 fully saturated rings. The van der Waals surface area contributed by atoms with Crippen molar-refractivity contribution in [3.05, 3.63) is 65.7 Å². The van der Waals surface area contributed by atoms with Gasteiger partial charge in [-0.3, -0.25) is 14.9 Å². The number of amides is 2. The van der Waals surface area contributed by atoms with E-state index in [1.165, 1.54) is 5.56 Å². The number of carbonyl (C=O) groups is 2. The number of hydrogen-bond acceptors (Lipinski definition) is 3. The maximum atomic E-state index is 13.1. The second-order valence-electron chi connectivity index (χ2n) is 8.17. The van der Waals surface area contributed by atoms with Gasteiger partial charge in [0, 0.05) is 24.8 Å². The van der Waals surface area contributed by atoms with Crippen molar-refractivity contribution >= 4 is 17.5 Å². The van der Waals surface area contributed by atoms with Crippen LogP contribution in [0, 0.1) is 0 Å². The molecule has 0 radical (unpaired) electrons. The third-order valence-electron chi connectivity index (χ3n) is 6.70. The van der Waals surface area contributed by atoms with Crippen molar-refractivity contribution in [2.45, 2.75) is 43.2 Å². The predicted octanol–water partition coefficient (Wildman–Crippen LogP) is 2.99. The van der Waals surface area contributed by atoms with E-state index in [1.807, 2.05) is 47.4 Å². The third-order valence-corrected chi connectivity index (χ3v) is 6.70. The summed E-state index contributed by atoms with van der Waals surface area (Å²) in [6, 6.07) is 18.4. The van der Waals surface area contributed by atoms with Gasteiger partial charge in [0.2, 0.25) is 11.8 Å². The third kappa shape index (κ3) is 2.73. The maximum Gasteiger partial charge on any atom is 0.239 e. The summed E-state index contributed by atoms with van der Waals surface area (Å²) in [5, 5.41) is 6.55. The molecule has 2 saturated heterocycles. The summed E-state index contributed by atoms with van der Waals surface area (Å²) in [7, 11) is 0. The molecule has 0 aromatic heterocycles. The highest BCUT2D eigenvalue weighted by Gasteiger charge is 2.49. The number of hydrogen-bond donors (Lipinski definition) is 2. The van der Waals surface area contributed by atoms with Crippen molar-refractivity contribution in [2.75, 3.05) is 18.4 Å². The number of para-hydroxylation sites is 1. The normalized spacial score (nSPS) is 25.6. The van der Waals surface area contributed by atoms with Crippen LogP contribution < -0.4 is 10.6 Å². The number of fused-ring (bicyclic) bond motifs is 2. The number of nitrogens with one attached hydrogen (secondary N) is 2. The van der Waals surface area contributed by atoms with E-state index < -0.39 is 5.41 Å². The molecule has 0 saturated carbocycles. The Morgan fingerprint density at radius 1 is 0.964 bits per heavy atom. The van der Waals surface area contributed by atoms with Gasteiger partial charge >= 0.3 is 0 Å². The molecule has 0 aliphatic carbocycles. The lowest BCUT2D eigenvalue weighted by Crippen LogP contribution is -2.52. The Morgan fingerprint density at radius 2 is 1.68 bits per heavy atom. The summed E-state index contributed by atoms with van der Waals surface area (Å²) >= 11 is 0. The topological polar surface area (TPSA) is 61.4 Å². The minimum atomic E-state index is -0.469. The van der Waals surface area contributed by atoms with E-state index in [-0.39, 0.29) is 23.9 Å². The van der Waals surface area contributed by atoms with Gasteiger partial charge in [-0.15, -0.1) is 0 Å². The highest BCUT2D eigenvalue weighted by Crippen LogP contribution is 2.45. The van der Waals surface area contributed by atoms with E-state index in [1.54, 1.807) is 0 Å². The number of anilines is 1. The van der Waals surface area contributed by atoms with Crippen molar-refractivity contribution in [2.24, 2.45) is 0 Å². The molecule has 3 aliphatic rings. The molecular formula is C23H25N3O2. The molecule has 2 atom stereocenters. The monoisotopic (exact) mass is 375 g/mol.